The summed E-state index contributed by atoms with van der Waals surface area (Å²) in [6.07, 6.45) is 6.84. The van der Waals surface area contributed by atoms with Crippen LogP contribution >= 0.6 is 0 Å². The van der Waals surface area contributed by atoms with E-state index in [9.17, 15) is 4.79 Å². The molecule has 1 saturated heterocycles. The van der Waals surface area contributed by atoms with Crippen molar-refractivity contribution in [1.29, 1.82) is 0 Å². The molecule has 1 aromatic rings. The molecule has 0 aliphatic carbocycles. The van der Waals surface area contributed by atoms with Crippen molar-refractivity contribution in [1.82, 2.24) is 4.90 Å². The quantitative estimate of drug-likeness (QED) is 0.631. The second kappa shape index (κ2) is 10.3. The largest absolute Gasteiger partial charge is 0.497 e. The van der Waals surface area contributed by atoms with Gasteiger partial charge in [0.15, 0.2) is 0 Å². The molecule has 0 amide bonds. The van der Waals surface area contributed by atoms with Crippen molar-refractivity contribution < 1.29 is 19.0 Å². The molecular weight excluding hydrogens is 330 g/mol. The maximum atomic E-state index is 12.6. The van der Waals surface area contributed by atoms with E-state index in [1.165, 1.54) is 0 Å². The summed E-state index contributed by atoms with van der Waals surface area (Å²) in [4.78, 5) is 14.9. The van der Waals surface area contributed by atoms with E-state index >= 15 is 0 Å². The van der Waals surface area contributed by atoms with E-state index in [4.69, 9.17) is 14.2 Å². The first-order valence-corrected chi connectivity index (χ1v) is 9.32. The van der Waals surface area contributed by atoms with E-state index in [1.54, 1.807) is 14.2 Å². The van der Waals surface area contributed by atoms with Crippen LogP contribution in [0.5, 0.6) is 5.75 Å². The minimum absolute atomic E-state index is 0.0825. The Morgan fingerprint density at radius 3 is 2.69 bits per heavy atom. The van der Waals surface area contributed by atoms with Crippen molar-refractivity contribution in [2.24, 2.45) is 5.41 Å². The highest BCUT2D eigenvalue weighted by Crippen LogP contribution is 2.35. The Morgan fingerprint density at radius 2 is 2.04 bits per heavy atom. The average molecular weight is 361 g/mol. The zero-order valence-corrected chi connectivity index (χ0v) is 16.2. The fraction of sp³-hybridized carbons (Fsp3) is 0.571. The summed E-state index contributed by atoms with van der Waals surface area (Å²) in [7, 11) is 3.34. The van der Waals surface area contributed by atoms with Crippen LogP contribution in [0.2, 0.25) is 0 Å². The van der Waals surface area contributed by atoms with Gasteiger partial charge in [-0.3, -0.25) is 9.69 Å². The lowest BCUT2D eigenvalue weighted by atomic mass is 9.77. The van der Waals surface area contributed by atoms with Crippen LogP contribution in [0.25, 0.3) is 6.08 Å². The van der Waals surface area contributed by atoms with Crippen molar-refractivity contribution in [3.05, 3.63) is 35.9 Å². The molecule has 1 aliphatic heterocycles. The lowest BCUT2D eigenvalue weighted by Crippen LogP contribution is -2.49. The molecule has 0 N–H and O–H groups in total. The lowest BCUT2D eigenvalue weighted by molar-refractivity contribution is -0.160. The lowest BCUT2D eigenvalue weighted by Gasteiger charge is -2.40. The minimum Gasteiger partial charge on any atom is -0.497 e. The Balaban J connectivity index is 1.97. The number of rotatable bonds is 9. The standard InChI is InChI=1S/C21H31NO4/c1-4-26-20(23)21(13-16-24-2)12-6-15-22(17-21)14-5-7-18-8-10-19(25-3)11-9-18/h5,7-11H,4,6,12-17H2,1-3H3. The van der Waals surface area contributed by atoms with E-state index in [-0.39, 0.29) is 5.97 Å². The van der Waals surface area contributed by atoms with E-state index in [0.717, 1.165) is 43.8 Å². The molecule has 1 aliphatic rings. The van der Waals surface area contributed by atoms with Crippen molar-refractivity contribution in [2.75, 3.05) is 47.1 Å². The summed E-state index contributed by atoms with van der Waals surface area (Å²) >= 11 is 0. The van der Waals surface area contributed by atoms with Crippen LogP contribution in [-0.4, -0.2) is 57.9 Å². The molecule has 5 nitrogen and oxygen atoms in total. The molecule has 0 spiro atoms. The summed E-state index contributed by atoms with van der Waals surface area (Å²) in [5, 5.41) is 0. The van der Waals surface area contributed by atoms with Crippen LogP contribution in [0.15, 0.2) is 30.3 Å². The number of carbonyl (C=O) groups excluding carboxylic acids is 1. The van der Waals surface area contributed by atoms with Gasteiger partial charge in [0.25, 0.3) is 0 Å². The van der Waals surface area contributed by atoms with Crippen LogP contribution in [-0.2, 0) is 14.3 Å². The van der Waals surface area contributed by atoms with Crippen molar-refractivity contribution >= 4 is 12.0 Å². The second-order valence-electron chi connectivity index (χ2n) is 6.76. The van der Waals surface area contributed by atoms with Crippen LogP contribution in [0.1, 0.15) is 31.7 Å². The maximum Gasteiger partial charge on any atom is 0.313 e. The Kier molecular flexibility index (Phi) is 8.13. The van der Waals surface area contributed by atoms with Gasteiger partial charge in [-0.05, 0) is 50.4 Å². The number of methoxy groups -OCH3 is 2. The highest BCUT2D eigenvalue weighted by atomic mass is 16.5. The number of likely N-dealkylation sites (tertiary alicyclic amines) is 1. The third kappa shape index (κ3) is 5.58. The average Bonchev–Trinajstić information content (AvgIpc) is 2.67. The SMILES string of the molecule is CCOC(=O)C1(CCOC)CCCN(CC=Cc2ccc(OC)cc2)C1. The molecule has 0 aromatic heterocycles. The van der Waals surface area contributed by atoms with Crippen LogP contribution in [0, 0.1) is 5.41 Å². The Morgan fingerprint density at radius 1 is 1.27 bits per heavy atom. The number of hydrogen-bond donors (Lipinski definition) is 0. The molecule has 1 aromatic carbocycles. The Bertz CT molecular complexity index is 584. The summed E-state index contributed by atoms with van der Waals surface area (Å²) in [5.41, 5.74) is 0.692. The summed E-state index contributed by atoms with van der Waals surface area (Å²) in [6.45, 7) is 5.41. The van der Waals surface area contributed by atoms with Crippen molar-refractivity contribution in [3.63, 3.8) is 0 Å². The predicted molar refractivity (Wildman–Crippen MR) is 103 cm³/mol. The van der Waals surface area contributed by atoms with Gasteiger partial charge in [0, 0.05) is 26.8 Å². The number of ether oxygens (including phenoxy) is 3. The topological polar surface area (TPSA) is 48.0 Å². The molecule has 5 heteroatoms. The number of esters is 1. The Hall–Kier alpha value is -1.85. The number of piperidine rings is 1. The highest BCUT2D eigenvalue weighted by Gasteiger charge is 2.42. The molecule has 1 fully saturated rings. The van der Waals surface area contributed by atoms with Crippen LogP contribution in [0.4, 0.5) is 0 Å². The number of benzene rings is 1. The molecule has 1 unspecified atom stereocenters. The van der Waals surface area contributed by atoms with Gasteiger partial charge in [-0.25, -0.2) is 0 Å². The third-order valence-electron chi connectivity index (χ3n) is 4.94. The summed E-state index contributed by atoms with van der Waals surface area (Å²) < 4.78 is 15.8. The molecule has 1 heterocycles. The van der Waals surface area contributed by atoms with Gasteiger partial charge in [-0.1, -0.05) is 24.3 Å². The molecule has 1 atom stereocenters. The molecular formula is C21H31NO4. The first-order valence-electron chi connectivity index (χ1n) is 9.32. The van der Waals surface area contributed by atoms with Crippen LogP contribution < -0.4 is 4.74 Å². The van der Waals surface area contributed by atoms with Gasteiger partial charge in [0.2, 0.25) is 0 Å². The van der Waals surface area contributed by atoms with Gasteiger partial charge in [0.1, 0.15) is 5.75 Å². The van der Waals surface area contributed by atoms with Crippen molar-refractivity contribution in [3.8, 4) is 5.75 Å². The summed E-state index contributed by atoms with van der Waals surface area (Å²) in [5.74, 6) is 0.774. The van der Waals surface area contributed by atoms with Gasteiger partial charge < -0.3 is 14.2 Å². The van der Waals surface area contributed by atoms with Gasteiger partial charge >= 0.3 is 5.97 Å². The second-order valence-corrected chi connectivity index (χ2v) is 6.76. The molecule has 0 radical (unpaired) electrons. The molecule has 0 bridgehead atoms. The number of hydrogen-bond acceptors (Lipinski definition) is 5. The van der Waals surface area contributed by atoms with E-state index < -0.39 is 5.41 Å². The zero-order valence-electron chi connectivity index (χ0n) is 16.2. The highest BCUT2D eigenvalue weighted by molar-refractivity contribution is 5.77. The Labute approximate surface area is 156 Å². The molecule has 2 rings (SSSR count). The molecule has 0 saturated carbocycles. The molecule has 26 heavy (non-hydrogen) atoms. The molecule has 144 valence electrons. The van der Waals surface area contributed by atoms with Gasteiger partial charge in [-0.2, -0.15) is 0 Å². The minimum atomic E-state index is -0.446. The first-order chi connectivity index (χ1) is 12.6. The third-order valence-corrected chi connectivity index (χ3v) is 4.94. The van der Waals surface area contributed by atoms with E-state index in [2.05, 4.69) is 17.1 Å². The normalized spacial score (nSPS) is 21.0. The van der Waals surface area contributed by atoms with E-state index in [0.29, 0.717) is 19.6 Å². The van der Waals surface area contributed by atoms with E-state index in [1.807, 2.05) is 31.2 Å². The van der Waals surface area contributed by atoms with Crippen molar-refractivity contribution in [2.45, 2.75) is 26.2 Å². The fourth-order valence-electron chi connectivity index (χ4n) is 3.49. The smallest absolute Gasteiger partial charge is 0.313 e. The maximum absolute atomic E-state index is 12.6. The van der Waals surface area contributed by atoms with Gasteiger partial charge in [0.05, 0.1) is 19.1 Å². The summed E-state index contributed by atoms with van der Waals surface area (Å²) in [6, 6.07) is 7.98. The number of nitrogens with zero attached hydrogens (tertiary/aromatic N) is 1. The number of carbonyl (C=O) groups is 1. The monoisotopic (exact) mass is 361 g/mol. The first kappa shape index (κ1) is 20.5. The zero-order chi connectivity index (χ0) is 18.8. The van der Waals surface area contributed by atoms with Gasteiger partial charge in [-0.15, -0.1) is 0 Å². The fourth-order valence-corrected chi connectivity index (χ4v) is 3.49. The predicted octanol–water partition coefficient (Wildman–Crippen LogP) is 3.39. The van der Waals surface area contributed by atoms with Crippen LogP contribution in [0.3, 0.4) is 0 Å².